The van der Waals surface area contributed by atoms with Crippen LogP contribution in [-0.2, 0) is 4.79 Å². The van der Waals surface area contributed by atoms with Crippen LogP contribution in [0.5, 0.6) is 11.5 Å². The summed E-state index contributed by atoms with van der Waals surface area (Å²) in [6.45, 7) is 4.91. The Bertz CT molecular complexity index is 994. The molecule has 0 radical (unpaired) electrons. The molecule has 30 heavy (non-hydrogen) atoms. The molecule has 1 aliphatic rings. The van der Waals surface area contributed by atoms with Gasteiger partial charge in [-0.05, 0) is 31.2 Å². The SMILES string of the molecule is CCNc1cccnc1N1CCN(c2cc3cc(OC)c(OC)cc3[nH]2)C(C=O)C1. The monoisotopic (exact) mass is 409 g/mol. The molecule has 2 N–H and O–H groups in total. The molecule has 1 atom stereocenters. The fraction of sp³-hybridized carbons (Fsp3) is 0.364. The van der Waals surface area contributed by atoms with Crippen LogP contribution in [0.1, 0.15) is 6.92 Å². The van der Waals surface area contributed by atoms with E-state index in [0.717, 1.165) is 47.6 Å². The van der Waals surface area contributed by atoms with Crippen LogP contribution >= 0.6 is 0 Å². The molecule has 158 valence electrons. The molecule has 1 unspecified atom stereocenters. The summed E-state index contributed by atoms with van der Waals surface area (Å²) in [6, 6.07) is 9.56. The fourth-order valence-electron chi connectivity index (χ4n) is 3.99. The Morgan fingerprint density at radius 3 is 2.77 bits per heavy atom. The lowest BCUT2D eigenvalue weighted by atomic mass is 10.1. The highest BCUT2D eigenvalue weighted by Crippen LogP contribution is 2.35. The van der Waals surface area contributed by atoms with Crippen molar-refractivity contribution in [2.75, 3.05) is 55.5 Å². The number of carbonyl (C=O) groups is 1. The second-order valence-electron chi connectivity index (χ2n) is 7.20. The molecule has 1 aliphatic heterocycles. The van der Waals surface area contributed by atoms with Gasteiger partial charge < -0.3 is 34.4 Å². The van der Waals surface area contributed by atoms with Crippen molar-refractivity contribution in [2.45, 2.75) is 13.0 Å². The quantitative estimate of drug-likeness (QED) is 0.581. The first-order chi connectivity index (χ1) is 14.7. The van der Waals surface area contributed by atoms with Gasteiger partial charge in [-0.2, -0.15) is 0 Å². The number of benzene rings is 1. The number of hydrogen-bond donors (Lipinski definition) is 2. The third-order valence-electron chi connectivity index (χ3n) is 5.45. The molecule has 0 saturated carbocycles. The maximum Gasteiger partial charge on any atom is 0.162 e. The number of pyridine rings is 1. The molecule has 0 aliphatic carbocycles. The molecule has 0 spiro atoms. The number of carbonyl (C=O) groups excluding carboxylic acids is 1. The lowest BCUT2D eigenvalue weighted by molar-refractivity contribution is -0.109. The Morgan fingerprint density at radius 2 is 2.03 bits per heavy atom. The first-order valence-corrected chi connectivity index (χ1v) is 10.1. The van der Waals surface area contributed by atoms with Crippen molar-refractivity contribution in [1.29, 1.82) is 0 Å². The number of piperazine rings is 1. The highest BCUT2D eigenvalue weighted by molar-refractivity contribution is 5.88. The van der Waals surface area contributed by atoms with Crippen molar-refractivity contribution >= 4 is 34.5 Å². The topological polar surface area (TPSA) is 82.7 Å². The smallest absolute Gasteiger partial charge is 0.162 e. The number of anilines is 3. The van der Waals surface area contributed by atoms with E-state index in [9.17, 15) is 4.79 Å². The standard InChI is InChI=1S/C22H27N5O3/c1-4-23-17-6-5-7-24-22(17)26-8-9-27(16(13-26)14-28)21-11-15-10-19(29-2)20(30-3)12-18(15)25-21/h5-7,10-12,14,16,23,25H,4,8-9,13H2,1-3H3. The molecule has 0 bridgehead atoms. The van der Waals surface area contributed by atoms with E-state index in [2.05, 4.69) is 32.0 Å². The number of hydrogen-bond acceptors (Lipinski definition) is 7. The lowest BCUT2D eigenvalue weighted by Gasteiger charge is -2.40. The van der Waals surface area contributed by atoms with Gasteiger partial charge in [-0.15, -0.1) is 0 Å². The summed E-state index contributed by atoms with van der Waals surface area (Å²) in [5.41, 5.74) is 1.93. The Labute approximate surface area is 175 Å². The van der Waals surface area contributed by atoms with Gasteiger partial charge >= 0.3 is 0 Å². The third kappa shape index (κ3) is 3.60. The van der Waals surface area contributed by atoms with Crippen molar-refractivity contribution < 1.29 is 14.3 Å². The van der Waals surface area contributed by atoms with Crippen LogP contribution in [-0.4, -0.2) is 62.7 Å². The summed E-state index contributed by atoms with van der Waals surface area (Å²) < 4.78 is 10.8. The second-order valence-corrected chi connectivity index (χ2v) is 7.20. The number of nitrogens with one attached hydrogen (secondary N) is 2. The van der Waals surface area contributed by atoms with Crippen LogP contribution in [0.3, 0.4) is 0 Å². The van der Waals surface area contributed by atoms with Crippen LogP contribution in [0, 0.1) is 0 Å². The molecular weight excluding hydrogens is 382 g/mol. The first kappa shape index (κ1) is 19.9. The minimum atomic E-state index is -0.285. The van der Waals surface area contributed by atoms with Crippen LogP contribution in [0.15, 0.2) is 36.5 Å². The van der Waals surface area contributed by atoms with E-state index in [1.54, 1.807) is 20.4 Å². The molecule has 8 nitrogen and oxygen atoms in total. The highest BCUT2D eigenvalue weighted by Gasteiger charge is 2.29. The number of nitrogens with zero attached hydrogens (tertiary/aromatic N) is 3. The largest absolute Gasteiger partial charge is 0.493 e. The molecule has 3 heterocycles. The van der Waals surface area contributed by atoms with Crippen LogP contribution < -0.4 is 24.6 Å². The van der Waals surface area contributed by atoms with Gasteiger partial charge in [-0.3, -0.25) is 0 Å². The van der Waals surface area contributed by atoms with Gasteiger partial charge in [0.15, 0.2) is 17.3 Å². The maximum absolute atomic E-state index is 12.0. The summed E-state index contributed by atoms with van der Waals surface area (Å²) >= 11 is 0. The fourth-order valence-corrected chi connectivity index (χ4v) is 3.99. The summed E-state index contributed by atoms with van der Waals surface area (Å²) in [5, 5.41) is 4.36. The molecule has 1 saturated heterocycles. The van der Waals surface area contributed by atoms with Crippen molar-refractivity contribution in [1.82, 2.24) is 9.97 Å². The van der Waals surface area contributed by atoms with Gasteiger partial charge in [-0.1, -0.05) is 0 Å². The normalized spacial score (nSPS) is 16.6. The number of fused-ring (bicyclic) bond motifs is 1. The zero-order valence-corrected chi connectivity index (χ0v) is 17.5. The van der Waals surface area contributed by atoms with Crippen LogP contribution in [0.4, 0.5) is 17.3 Å². The van der Waals surface area contributed by atoms with Crippen molar-refractivity contribution in [3.8, 4) is 11.5 Å². The van der Waals surface area contributed by atoms with E-state index in [0.29, 0.717) is 24.6 Å². The number of rotatable bonds is 7. The molecular formula is C22H27N5O3. The Hall–Kier alpha value is -3.42. The van der Waals surface area contributed by atoms with Gasteiger partial charge in [-0.25, -0.2) is 4.98 Å². The summed E-state index contributed by atoms with van der Waals surface area (Å²) in [4.78, 5) is 24.2. The van der Waals surface area contributed by atoms with Gasteiger partial charge in [0.2, 0.25) is 0 Å². The van der Waals surface area contributed by atoms with Crippen molar-refractivity contribution in [2.24, 2.45) is 0 Å². The minimum absolute atomic E-state index is 0.285. The average Bonchev–Trinajstić information content (AvgIpc) is 3.21. The maximum atomic E-state index is 12.0. The average molecular weight is 409 g/mol. The molecule has 1 aromatic carbocycles. The van der Waals surface area contributed by atoms with E-state index in [4.69, 9.17) is 9.47 Å². The van der Waals surface area contributed by atoms with Gasteiger partial charge in [0.1, 0.15) is 18.1 Å². The second kappa shape index (κ2) is 8.52. The molecule has 4 rings (SSSR count). The van der Waals surface area contributed by atoms with Crippen LogP contribution in [0.25, 0.3) is 10.9 Å². The number of aromatic amines is 1. The van der Waals surface area contributed by atoms with E-state index in [-0.39, 0.29) is 6.04 Å². The van der Waals surface area contributed by atoms with Crippen LogP contribution in [0.2, 0.25) is 0 Å². The Balaban J connectivity index is 1.60. The Kier molecular flexibility index (Phi) is 5.65. The number of methoxy groups -OCH3 is 2. The number of H-pyrrole nitrogens is 1. The molecule has 0 amide bonds. The molecule has 1 fully saturated rings. The zero-order chi connectivity index (χ0) is 21.1. The van der Waals surface area contributed by atoms with E-state index >= 15 is 0 Å². The van der Waals surface area contributed by atoms with Gasteiger partial charge in [0, 0.05) is 43.8 Å². The summed E-state index contributed by atoms with van der Waals surface area (Å²) in [7, 11) is 3.24. The summed E-state index contributed by atoms with van der Waals surface area (Å²) in [5.74, 6) is 3.14. The van der Waals surface area contributed by atoms with Gasteiger partial charge in [0.25, 0.3) is 0 Å². The number of aromatic nitrogens is 2. The molecule has 8 heteroatoms. The molecule has 2 aromatic heterocycles. The van der Waals surface area contributed by atoms with Gasteiger partial charge in [0.05, 0.1) is 25.4 Å². The van der Waals surface area contributed by atoms with E-state index < -0.39 is 0 Å². The first-order valence-electron chi connectivity index (χ1n) is 10.1. The number of ether oxygens (including phenoxy) is 2. The summed E-state index contributed by atoms with van der Waals surface area (Å²) in [6.07, 6.45) is 2.80. The third-order valence-corrected chi connectivity index (χ3v) is 5.45. The highest BCUT2D eigenvalue weighted by atomic mass is 16.5. The predicted octanol–water partition coefficient (Wildman–Crippen LogP) is 2.91. The van der Waals surface area contributed by atoms with Crippen molar-refractivity contribution in [3.05, 3.63) is 36.5 Å². The van der Waals surface area contributed by atoms with Crippen molar-refractivity contribution in [3.63, 3.8) is 0 Å². The zero-order valence-electron chi connectivity index (χ0n) is 17.5. The minimum Gasteiger partial charge on any atom is -0.493 e. The van der Waals surface area contributed by atoms with E-state index in [1.165, 1.54) is 0 Å². The van der Waals surface area contributed by atoms with E-state index in [1.807, 2.05) is 30.3 Å². The predicted molar refractivity (Wildman–Crippen MR) is 119 cm³/mol. The molecule has 3 aromatic rings. The Morgan fingerprint density at radius 1 is 1.23 bits per heavy atom. The number of aldehydes is 1. The lowest BCUT2D eigenvalue weighted by Crippen LogP contribution is -2.54.